The highest BCUT2D eigenvalue weighted by Crippen LogP contribution is 2.22. The molecule has 2 amide bonds. The zero-order valence-electron chi connectivity index (χ0n) is 12.9. The fraction of sp³-hybridized carbons (Fsp3) is 0.867. The second kappa shape index (κ2) is 6.57. The Kier molecular flexibility index (Phi) is 5.02. The zero-order chi connectivity index (χ0) is 14.7. The summed E-state index contributed by atoms with van der Waals surface area (Å²) < 4.78 is 0. The molecule has 0 aromatic carbocycles. The van der Waals surface area contributed by atoms with Crippen molar-refractivity contribution in [2.45, 2.75) is 51.6 Å². The lowest BCUT2D eigenvalue weighted by atomic mass is 9.98. The molecule has 0 aliphatic carbocycles. The summed E-state index contributed by atoms with van der Waals surface area (Å²) in [7, 11) is 1.97. The summed E-state index contributed by atoms with van der Waals surface area (Å²) in [6.07, 6.45) is 3.48. The maximum Gasteiger partial charge on any atom is 0.245 e. The van der Waals surface area contributed by atoms with E-state index in [-0.39, 0.29) is 23.8 Å². The van der Waals surface area contributed by atoms with Crippen LogP contribution in [0.25, 0.3) is 0 Å². The van der Waals surface area contributed by atoms with Crippen LogP contribution in [0, 0.1) is 5.92 Å². The number of hydrogen-bond donors (Lipinski definition) is 1. The summed E-state index contributed by atoms with van der Waals surface area (Å²) in [5, 5.41) is 3.28. The van der Waals surface area contributed by atoms with Gasteiger partial charge in [-0.3, -0.25) is 9.59 Å². The van der Waals surface area contributed by atoms with Gasteiger partial charge in [0.05, 0.1) is 0 Å². The first-order valence-electron chi connectivity index (χ1n) is 7.80. The molecule has 0 saturated carbocycles. The minimum absolute atomic E-state index is 0.141. The molecule has 1 unspecified atom stereocenters. The number of hydrogen-bond acceptors (Lipinski definition) is 3. The highest BCUT2D eigenvalue weighted by molar-refractivity contribution is 5.88. The minimum Gasteiger partial charge on any atom is -0.341 e. The molecular formula is C15H27N3O2. The Balaban J connectivity index is 2.02. The molecule has 5 nitrogen and oxygen atoms in total. The molecule has 2 fully saturated rings. The standard InChI is InChI=1S/C15H27N3O2/c1-11(2)14(18-8-4-5-13(18)19)15(20)17-9-6-12(16-3)7-10-17/h11-12,14,16H,4-10H2,1-3H3. The molecule has 2 rings (SSSR count). The van der Waals surface area contributed by atoms with Gasteiger partial charge in [-0.1, -0.05) is 13.8 Å². The Labute approximate surface area is 121 Å². The number of rotatable bonds is 4. The third kappa shape index (κ3) is 3.14. The molecule has 0 aromatic rings. The molecule has 2 saturated heterocycles. The number of nitrogens with one attached hydrogen (secondary N) is 1. The smallest absolute Gasteiger partial charge is 0.245 e. The summed E-state index contributed by atoms with van der Waals surface area (Å²) in [6, 6.07) is 0.251. The number of nitrogens with zero attached hydrogens (tertiary/aromatic N) is 2. The van der Waals surface area contributed by atoms with Crippen LogP contribution in [-0.2, 0) is 9.59 Å². The number of carbonyl (C=O) groups excluding carboxylic acids is 2. The van der Waals surface area contributed by atoms with Crippen LogP contribution < -0.4 is 5.32 Å². The largest absolute Gasteiger partial charge is 0.341 e. The van der Waals surface area contributed by atoms with Crippen LogP contribution in [0.1, 0.15) is 39.5 Å². The Bertz CT molecular complexity index is 362. The van der Waals surface area contributed by atoms with Crippen molar-refractivity contribution in [2.75, 3.05) is 26.7 Å². The van der Waals surface area contributed by atoms with Gasteiger partial charge in [-0.2, -0.15) is 0 Å². The monoisotopic (exact) mass is 281 g/mol. The van der Waals surface area contributed by atoms with Crippen molar-refractivity contribution in [3.8, 4) is 0 Å². The Morgan fingerprint density at radius 3 is 2.35 bits per heavy atom. The average molecular weight is 281 g/mol. The van der Waals surface area contributed by atoms with Crippen molar-refractivity contribution < 1.29 is 9.59 Å². The Morgan fingerprint density at radius 2 is 1.90 bits per heavy atom. The maximum atomic E-state index is 12.8. The number of likely N-dealkylation sites (tertiary alicyclic amines) is 2. The molecule has 0 bridgehead atoms. The molecule has 1 atom stereocenters. The van der Waals surface area contributed by atoms with E-state index in [9.17, 15) is 9.59 Å². The van der Waals surface area contributed by atoms with Gasteiger partial charge in [-0.05, 0) is 32.2 Å². The summed E-state index contributed by atoms with van der Waals surface area (Å²) in [5.41, 5.74) is 0. The van der Waals surface area contributed by atoms with E-state index in [4.69, 9.17) is 0 Å². The molecule has 0 radical (unpaired) electrons. The van der Waals surface area contributed by atoms with Crippen molar-refractivity contribution >= 4 is 11.8 Å². The Hall–Kier alpha value is -1.10. The van der Waals surface area contributed by atoms with Crippen molar-refractivity contribution in [3.63, 3.8) is 0 Å². The van der Waals surface area contributed by atoms with Gasteiger partial charge in [0.2, 0.25) is 11.8 Å². The van der Waals surface area contributed by atoms with E-state index >= 15 is 0 Å². The summed E-state index contributed by atoms with van der Waals surface area (Å²) in [6.45, 7) is 6.41. The SMILES string of the molecule is CNC1CCN(C(=O)C(C(C)C)N2CCCC2=O)CC1. The van der Waals surface area contributed by atoms with Crippen LogP contribution in [-0.4, -0.2) is 60.4 Å². The maximum absolute atomic E-state index is 12.8. The van der Waals surface area contributed by atoms with Gasteiger partial charge in [-0.25, -0.2) is 0 Å². The Morgan fingerprint density at radius 1 is 1.25 bits per heavy atom. The van der Waals surface area contributed by atoms with Gasteiger partial charge >= 0.3 is 0 Å². The highest BCUT2D eigenvalue weighted by atomic mass is 16.2. The van der Waals surface area contributed by atoms with E-state index in [0.29, 0.717) is 12.5 Å². The van der Waals surface area contributed by atoms with E-state index in [1.807, 2.05) is 25.8 Å². The third-order valence-corrected chi connectivity index (χ3v) is 4.55. The lowest BCUT2D eigenvalue weighted by molar-refractivity contribution is -0.146. The van der Waals surface area contributed by atoms with Crippen LogP contribution in [0.3, 0.4) is 0 Å². The van der Waals surface area contributed by atoms with Crippen molar-refractivity contribution in [2.24, 2.45) is 5.92 Å². The number of piperidine rings is 1. The first-order valence-corrected chi connectivity index (χ1v) is 7.80. The molecule has 2 aliphatic heterocycles. The average Bonchev–Trinajstić information content (AvgIpc) is 2.85. The second-order valence-corrected chi connectivity index (χ2v) is 6.27. The van der Waals surface area contributed by atoms with Gasteiger partial charge in [0, 0.05) is 32.1 Å². The molecular weight excluding hydrogens is 254 g/mol. The van der Waals surface area contributed by atoms with Crippen LogP contribution >= 0.6 is 0 Å². The molecule has 1 N–H and O–H groups in total. The summed E-state index contributed by atoms with van der Waals surface area (Å²) in [4.78, 5) is 28.5. The lowest BCUT2D eigenvalue weighted by Gasteiger charge is -2.38. The van der Waals surface area contributed by atoms with Crippen molar-refractivity contribution in [1.29, 1.82) is 0 Å². The molecule has 0 spiro atoms. The van der Waals surface area contributed by atoms with E-state index < -0.39 is 0 Å². The molecule has 2 aliphatic rings. The molecule has 0 aromatic heterocycles. The number of amides is 2. The molecule has 2 heterocycles. The van der Waals surface area contributed by atoms with Crippen LogP contribution in [0.5, 0.6) is 0 Å². The van der Waals surface area contributed by atoms with Gasteiger partial charge in [0.25, 0.3) is 0 Å². The highest BCUT2D eigenvalue weighted by Gasteiger charge is 2.37. The van der Waals surface area contributed by atoms with Crippen LogP contribution in [0.2, 0.25) is 0 Å². The molecule has 20 heavy (non-hydrogen) atoms. The van der Waals surface area contributed by atoms with E-state index in [1.54, 1.807) is 4.90 Å². The minimum atomic E-state index is -0.267. The second-order valence-electron chi connectivity index (χ2n) is 6.27. The number of carbonyl (C=O) groups is 2. The van der Waals surface area contributed by atoms with Gasteiger partial charge in [0.1, 0.15) is 6.04 Å². The zero-order valence-corrected chi connectivity index (χ0v) is 12.9. The normalized spacial score (nSPS) is 22.7. The van der Waals surface area contributed by atoms with Crippen LogP contribution in [0.15, 0.2) is 0 Å². The quantitative estimate of drug-likeness (QED) is 0.831. The van der Waals surface area contributed by atoms with Crippen molar-refractivity contribution in [1.82, 2.24) is 15.1 Å². The third-order valence-electron chi connectivity index (χ3n) is 4.55. The summed E-state index contributed by atoms with van der Waals surface area (Å²) in [5.74, 6) is 0.457. The fourth-order valence-corrected chi connectivity index (χ4v) is 3.32. The predicted octanol–water partition coefficient (Wildman–Crippen LogP) is 0.844. The molecule has 114 valence electrons. The van der Waals surface area contributed by atoms with E-state index in [2.05, 4.69) is 5.32 Å². The predicted molar refractivity (Wildman–Crippen MR) is 78.2 cm³/mol. The summed E-state index contributed by atoms with van der Waals surface area (Å²) >= 11 is 0. The lowest BCUT2D eigenvalue weighted by Crippen LogP contribution is -2.54. The van der Waals surface area contributed by atoms with Crippen LogP contribution in [0.4, 0.5) is 0 Å². The van der Waals surface area contributed by atoms with Gasteiger partial charge in [-0.15, -0.1) is 0 Å². The fourth-order valence-electron chi connectivity index (χ4n) is 3.32. The first kappa shape index (κ1) is 15.3. The van der Waals surface area contributed by atoms with E-state index in [0.717, 1.165) is 38.9 Å². The van der Waals surface area contributed by atoms with Crippen molar-refractivity contribution in [3.05, 3.63) is 0 Å². The van der Waals surface area contributed by atoms with E-state index in [1.165, 1.54) is 0 Å². The molecule has 5 heteroatoms. The van der Waals surface area contributed by atoms with Gasteiger partial charge in [0.15, 0.2) is 0 Å². The van der Waals surface area contributed by atoms with Gasteiger partial charge < -0.3 is 15.1 Å². The topological polar surface area (TPSA) is 52.7 Å². The first-order chi connectivity index (χ1) is 9.54.